The first-order valence-electron chi connectivity index (χ1n) is 7.86. The highest BCUT2D eigenvalue weighted by Gasteiger charge is 2.32. The van der Waals surface area contributed by atoms with Crippen molar-refractivity contribution in [2.24, 2.45) is 0 Å². The molecule has 1 fully saturated rings. The van der Waals surface area contributed by atoms with Crippen molar-refractivity contribution in [3.05, 3.63) is 29.8 Å². The Morgan fingerprint density at radius 1 is 1.36 bits per heavy atom. The third-order valence-electron chi connectivity index (χ3n) is 3.97. The van der Waals surface area contributed by atoms with Crippen LogP contribution in [0.5, 0.6) is 0 Å². The van der Waals surface area contributed by atoms with E-state index >= 15 is 0 Å². The molecular formula is C16H24N2O3S. The van der Waals surface area contributed by atoms with Crippen molar-refractivity contribution in [1.82, 2.24) is 9.62 Å². The summed E-state index contributed by atoms with van der Waals surface area (Å²) in [7, 11) is -3.57. The molecule has 1 unspecified atom stereocenters. The Morgan fingerprint density at radius 2 is 2.14 bits per heavy atom. The van der Waals surface area contributed by atoms with Crippen molar-refractivity contribution in [2.45, 2.75) is 44.0 Å². The van der Waals surface area contributed by atoms with E-state index in [-0.39, 0.29) is 16.7 Å². The van der Waals surface area contributed by atoms with Gasteiger partial charge >= 0.3 is 0 Å². The molecule has 1 aromatic rings. The summed E-state index contributed by atoms with van der Waals surface area (Å²) >= 11 is 0. The molecule has 6 heteroatoms. The molecule has 5 nitrogen and oxygen atoms in total. The van der Waals surface area contributed by atoms with Crippen molar-refractivity contribution in [3.63, 3.8) is 0 Å². The van der Waals surface area contributed by atoms with Gasteiger partial charge < -0.3 is 5.32 Å². The lowest BCUT2D eigenvalue weighted by Gasteiger charge is -2.27. The van der Waals surface area contributed by atoms with E-state index in [1.54, 1.807) is 29.4 Å². The lowest BCUT2D eigenvalue weighted by atomic mass is 10.1. The van der Waals surface area contributed by atoms with Gasteiger partial charge in [-0.1, -0.05) is 26.0 Å². The fraction of sp³-hybridized carbons (Fsp3) is 0.562. The topological polar surface area (TPSA) is 66.5 Å². The molecule has 0 radical (unpaired) electrons. The molecule has 0 bridgehead atoms. The molecule has 0 aromatic heterocycles. The molecule has 1 aliphatic heterocycles. The van der Waals surface area contributed by atoms with Crippen molar-refractivity contribution in [3.8, 4) is 0 Å². The first-order valence-corrected chi connectivity index (χ1v) is 9.30. The van der Waals surface area contributed by atoms with E-state index in [0.717, 1.165) is 19.4 Å². The van der Waals surface area contributed by atoms with Crippen LogP contribution in [0.15, 0.2) is 29.2 Å². The number of carbonyl (C=O) groups excluding carboxylic acids is 1. The van der Waals surface area contributed by atoms with Crippen LogP contribution in [0.25, 0.3) is 0 Å². The predicted molar refractivity (Wildman–Crippen MR) is 86.5 cm³/mol. The highest BCUT2D eigenvalue weighted by Crippen LogP contribution is 2.22. The van der Waals surface area contributed by atoms with Gasteiger partial charge in [-0.15, -0.1) is 0 Å². The van der Waals surface area contributed by atoms with Crippen LogP contribution in [-0.2, 0) is 10.0 Å². The SMILES string of the molecule is CCCN(C1CCNC1)S(=O)(=O)c1cccc(C(=O)CC)c1. The standard InChI is InChI=1S/C16H24N2O3S/c1-3-10-18(14-8-9-17-12-14)22(20,21)15-7-5-6-13(11-15)16(19)4-2/h5-7,11,14,17H,3-4,8-10,12H2,1-2H3. The normalized spacial score (nSPS) is 18.8. The second kappa shape index (κ2) is 7.35. The fourth-order valence-electron chi connectivity index (χ4n) is 2.77. The van der Waals surface area contributed by atoms with E-state index in [2.05, 4.69) is 5.32 Å². The Bertz CT molecular complexity index is 622. The lowest BCUT2D eigenvalue weighted by molar-refractivity contribution is 0.0988. The minimum absolute atomic E-state index is 0.00418. The van der Waals surface area contributed by atoms with Gasteiger partial charge in [-0.3, -0.25) is 4.79 Å². The Morgan fingerprint density at radius 3 is 2.73 bits per heavy atom. The fourth-order valence-corrected chi connectivity index (χ4v) is 4.57. The third kappa shape index (κ3) is 3.56. The molecule has 1 saturated heterocycles. The summed E-state index contributed by atoms with van der Waals surface area (Å²) in [5, 5.41) is 3.21. The van der Waals surface area contributed by atoms with Gasteiger partial charge in [-0.25, -0.2) is 8.42 Å². The number of ketones is 1. The summed E-state index contributed by atoms with van der Waals surface area (Å²) in [6.45, 7) is 5.78. The summed E-state index contributed by atoms with van der Waals surface area (Å²) in [6.07, 6.45) is 1.96. The molecule has 0 amide bonds. The van der Waals surface area contributed by atoms with Crippen molar-refractivity contribution in [1.29, 1.82) is 0 Å². The highest BCUT2D eigenvalue weighted by molar-refractivity contribution is 7.89. The van der Waals surface area contributed by atoms with Gasteiger partial charge in [0.25, 0.3) is 0 Å². The zero-order valence-electron chi connectivity index (χ0n) is 13.2. The van der Waals surface area contributed by atoms with E-state index in [4.69, 9.17) is 0 Å². The van der Waals surface area contributed by atoms with Gasteiger partial charge in [0.15, 0.2) is 5.78 Å². The summed E-state index contributed by atoms with van der Waals surface area (Å²) < 4.78 is 27.5. The number of rotatable bonds is 7. The van der Waals surface area contributed by atoms with Crippen LogP contribution in [0.3, 0.4) is 0 Å². The maximum Gasteiger partial charge on any atom is 0.243 e. The van der Waals surface area contributed by atoms with Crippen LogP contribution in [0, 0.1) is 0 Å². The number of nitrogens with one attached hydrogen (secondary N) is 1. The summed E-state index contributed by atoms with van der Waals surface area (Å²) in [4.78, 5) is 12.0. The van der Waals surface area contributed by atoms with Gasteiger partial charge in [0.05, 0.1) is 4.90 Å². The second-order valence-electron chi connectivity index (χ2n) is 5.57. The number of hydrogen-bond acceptors (Lipinski definition) is 4. The van der Waals surface area contributed by atoms with Crippen LogP contribution >= 0.6 is 0 Å². The molecule has 1 atom stereocenters. The molecular weight excluding hydrogens is 300 g/mol. The second-order valence-corrected chi connectivity index (χ2v) is 7.46. The number of nitrogens with zero attached hydrogens (tertiary/aromatic N) is 1. The molecule has 0 spiro atoms. The van der Waals surface area contributed by atoms with Gasteiger partial charge in [-0.2, -0.15) is 4.31 Å². The van der Waals surface area contributed by atoms with E-state index in [0.29, 0.717) is 25.1 Å². The molecule has 122 valence electrons. The molecule has 0 aliphatic carbocycles. The van der Waals surface area contributed by atoms with Crippen LogP contribution in [0.2, 0.25) is 0 Å². The van der Waals surface area contributed by atoms with Crippen molar-refractivity contribution in [2.75, 3.05) is 19.6 Å². The minimum atomic E-state index is -3.57. The quantitative estimate of drug-likeness (QED) is 0.780. The molecule has 1 aliphatic rings. The first kappa shape index (κ1) is 17.1. The lowest BCUT2D eigenvalue weighted by Crippen LogP contribution is -2.42. The molecule has 1 heterocycles. The van der Waals surface area contributed by atoms with Gasteiger partial charge in [0.1, 0.15) is 0 Å². The Labute approximate surface area is 132 Å². The van der Waals surface area contributed by atoms with E-state index < -0.39 is 10.0 Å². The summed E-state index contributed by atoms with van der Waals surface area (Å²) in [6, 6.07) is 6.40. The number of sulfonamides is 1. The smallest absolute Gasteiger partial charge is 0.243 e. The maximum atomic E-state index is 13.0. The van der Waals surface area contributed by atoms with Crippen LogP contribution < -0.4 is 5.32 Å². The predicted octanol–water partition coefficient (Wildman–Crippen LogP) is 2.04. The molecule has 1 aromatic carbocycles. The average Bonchev–Trinajstić information content (AvgIpc) is 3.05. The molecule has 1 N–H and O–H groups in total. The van der Waals surface area contributed by atoms with E-state index in [1.165, 1.54) is 6.07 Å². The Hall–Kier alpha value is -1.24. The zero-order chi connectivity index (χ0) is 16.2. The average molecular weight is 324 g/mol. The highest BCUT2D eigenvalue weighted by atomic mass is 32.2. The molecule has 0 saturated carbocycles. The monoisotopic (exact) mass is 324 g/mol. The minimum Gasteiger partial charge on any atom is -0.315 e. The summed E-state index contributed by atoms with van der Waals surface area (Å²) in [5.41, 5.74) is 0.463. The maximum absolute atomic E-state index is 13.0. The van der Waals surface area contributed by atoms with Gasteiger partial charge in [-0.05, 0) is 31.5 Å². The largest absolute Gasteiger partial charge is 0.315 e. The summed E-state index contributed by atoms with van der Waals surface area (Å²) in [5.74, 6) is -0.0402. The Balaban J connectivity index is 2.36. The Kier molecular flexibility index (Phi) is 5.72. The molecule has 2 rings (SSSR count). The van der Waals surface area contributed by atoms with Crippen LogP contribution in [-0.4, -0.2) is 44.2 Å². The number of carbonyl (C=O) groups is 1. The van der Waals surface area contributed by atoms with Crippen molar-refractivity contribution < 1.29 is 13.2 Å². The van der Waals surface area contributed by atoms with Crippen LogP contribution in [0.1, 0.15) is 43.5 Å². The van der Waals surface area contributed by atoms with Gasteiger partial charge in [0, 0.05) is 31.1 Å². The first-order chi connectivity index (χ1) is 10.5. The van der Waals surface area contributed by atoms with Crippen molar-refractivity contribution >= 4 is 15.8 Å². The molecule has 22 heavy (non-hydrogen) atoms. The zero-order valence-corrected chi connectivity index (χ0v) is 14.0. The number of benzene rings is 1. The third-order valence-corrected chi connectivity index (χ3v) is 5.92. The van der Waals surface area contributed by atoms with E-state index in [1.807, 2.05) is 6.92 Å². The van der Waals surface area contributed by atoms with Gasteiger partial charge in [0.2, 0.25) is 10.0 Å². The van der Waals surface area contributed by atoms with Crippen LogP contribution in [0.4, 0.5) is 0 Å². The van der Waals surface area contributed by atoms with E-state index in [9.17, 15) is 13.2 Å². The number of hydrogen-bond donors (Lipinski definition) is 1. The number of Topliss-reactive ketones (excluding diaryl/α,β-unsaturated/α-hetero) is 1.